The van der Waals surface area contributed by atoms with Gasteiger partial charge in [-0.1, -0.05) is 73.5 Å². The molecule has 1 atom stereocenters. The molecule has 8 nitrogen and oxygen atoms in total. The zero-order valence-electron chi connectivity index (χ0n) is 22.1. The summed E-state index contributed by atoms with van der Waals surface area (Å²) in [5, 5.41) is 4.66. The Balaban J connectivity index is 0.00000400. The first-order valence-electron chi connectivity index (χ1n) is 12.5. The summed E-state index contributed by atoms with van der Waals surface area (Å²) in [5.41, 5.74) is 8.83. The predicted molar refractivity (Wildman–Crippen MR) is 153 cm³/mol. The van der Waals surface area contributed by atoms with Gasteiger partial charge in [-0.3, -0.25) is 9.36 Å². The van der Waals surface area contributed by atoms with Gasteiger partial charge in [0, 0.05) is 12.1 Å². The predicted octanol–water partition coefficient (Wildman–Crippen LogP) is 4.82. The van der Waals surface area contributed by atoms with Crippen molar-refractivity contribution in [3.63, 3.8) is 0 Å². The number of benzene rings is 2. The number of hydrogen-bond acceptors (Lipinski definition) is 5. The van der Waals surface area contributed by atoms with Crippen molar-refractivity contribution < 1.29 is 4.79 Å². The highest BCUT2D eigenvalue weighted by molar-refractivity contribution is 6.34. The number of halogens is 2. The molecule has 4 aromatic rings. The number of fused-ring (bicyclic) bond motifs is 1. The summed E-state index contributed by atoms with van der Waals surface area (Å²) in [6, 6.07) is 16.7. The number of rotatable bonds is 9. The van der Waals surface area contributed by atoms with Gasteiger partial charge in [0.15, 0.2) is 5.65 Å². The second-order valence-corrected chi connectivity index (χ2v) is 10.0. The van der Waals surface area contributed by atoms with E-state index in [0.717, 1.165) is 11.1 Å². The molecular formula is C28H34Cl2N6O2. The van der Waals surface area contributed by atoms with Gasteiger partial charge >= 0.3 is 5.69 Å². The van der Waals surface area contributed by atoms with Crippen LogP contribution in [0.5, 0.6) is 0 Å². The molecule has 2 aromatic carbocycles. The molecule has 0 spiro atoms. The third-order valence-electron chi connectivity index (χ3n) is 6.42. The van der Waals surface area contributed by atoms with Crippen molar-refractivity contribution in [2.24, 2.45) is 11.7 Å². The fourth-order valence-corrected chi connectivity index (χ4v) is 4.78. The molecular weight excluding hydrogens is 523 g/mol. The first-order valence-corrected chi connectivity index (χ1v) is 12.9. The second kappa shape index (κ2) is 12.6. The summed E-state index contributed by atoms with van der Waals surface area (Å²) in [6.07, 6.45) is 0.610. The smallest absolute Gasteiger partial charge is 0.330 e. The summed E-state index contributed by atoms with van der Waals surface area (Å²) < 4.78 is 2.85. The Hall–Kier alpha value is -3.20. The molecule has 0 saturated heterocycles. The standard InChI is InChI=1S/C28H33ClN6O2.ClH/c1-18(2)24(33(15-9-14-30)27(36)22-13-8-10-19(3)16-22)26-31-25-23(29)20(4)32-35(25)28(37)34(26)17-21-11-6-5-7-12-21;/h5-8,10-13,16,18,24H,9,14-15,17,30H2,1-4H3;1H/t24-;/m1./s1. The fourth-order valence-electron chi connectivity index (χ4n) is 4.62. The molecule has 2 aromatic heterocycles. The number of amides is 1. The lowest BCUT2D eigenvalue weighted by Gasteiger charge is -2.35. The van der Waals surface area contributed by atoms with E-state index in [1.807, 2.05) is 75.4 Å². The molecule has 0 aliphatic carbocycles. The van der Waals surface area contributed by atoms with Crippen molar-refractivity contribution in [3.05, 3.63) is 98.3 Å². The summed E-state index contributed by atoms with van der Waals surface area (Å²) in [7, 11) is 0. The van der Waals surface area contributed by atoms with E-state index >= 15 is 0 Å². The molecule has 10 heteroatoms. The zero-order chi connectivity index (χ0) is 26.7. The van der Waals surface area contributed by atoms with Gasteiger partial charge in [0.05, 0.1) is 18.3 Å². The van der Waals surface area contributed by atoms with E-state index in [1.54, 1.807) is 16.4 Å². The lowest BCUT2D eigenvalue weighted by atomic mass is 9.99. The van der Waals surface area contributed by atoms with Gasteiger partial charge in [0.1, 0.15) is 10.8 Å². The third kappa shape index (κ3) is 5.93. The van der Waals surface area contributed by atoms with Crippen LogP contribution in [0.15, 0.2) is 59.4 Å². The number of nitrogens with two attached hydrogens (primary N) is 1. The van der Waals surface area contributed by atoms with Gasteiger partial charge in [0.25, 0.3) is 5.91 Å². The van der Waals surface area contributed by atoms with E-state index in [4.69, 9.17) is 22.3 Å². The van der Waals surface area contributed by atoms with Crippen molar-refractivity contribution in [2.75, 3.05) is 13.1 Å². The lowest BCUT2D eigenvalue weighted by Crippen LogP contribution is -2.43. The number of carbonyl (C=O) groups excluding carboxylic acids is 1. The average Bonchev–Trinajstić information content (AvgIpc) is 3.17. The number of aryl methyl sites for hydroxylation is 2. The van der Waals surface area contributed by atoms with Crippen molar-refractivity contribution >= 4 is 35.6 Å². The summed E-state index contributed by atoms with van der Waals surface area (Å²) in [4.78, 5) is 34.4. The molecule has 0 saturated carbocycles. The average molecular weight is 558 g/mol. The van der Waals surface area contributed by atoms with Crippen LogP contribution in [0.4, 0.5) is 0 Å². The normalized spacial score (nSPS) is 12.0. The molecule has 0 aliphatic heterocycles. The Morgan fingerprint density at radius 2 is 1.82 bits per heavy atom. The zero-order valence-corrected chi connectivity index (χ0v) is 23.7. The maximum Gasteiger partial charge on any atom is 0.352 e. The van der Waals surface area contributed by atoms with Gasteiger partial charge in [-0.15, -0.1) is 12.4 Å². The number of aromatic nitrogens is 4. The van der Waals surface area contributed by atoms with Crippen LogP contribution < -0.4 is 11.4 Å². The highest BCUT2D eigenvalue weighted by Crippen LogP contribution is 2.31. The Kier molecular flexibility index (Phi) is 9.71. The van der Waals surface area contributed by atoms with Gasteiger partial charge < -0.3 is 10.6 Å². The van der Waals surface area contributed by atoms with Crippen LogP contribution >= 0.6 is 24.0 Å². The maximum atomic E-state index is 13.9. The minimum Gasteiger partial charge on any atom is -0.330 e. The Bertz CT molecular complexity index is 1470. The highest BCUT2D eigenvalue weighted by atomic mass is 35.5. The number of nitrogens with zero attached hydrogens (tertiary/aromatic N) is 5. The number of carbonyl (C=O) groups is 1. The minimum atomic E-state index is -0.507. The molecule has 202 valence electrons. The van der Waals surface area contributed by atoms with Gasteiger partial charge in [-0.2, -0.15) is 9.61 Å². The van der Waals surface area contributed by atoms with Crippen LogP contribution in [0.25, 0.3) is 5.65 Å². The minimum absolute atomic E-state index is 0. The van der Waals surface area contributed by atoms with Crippen LogP contribution in [0.3, 0.4) is 0 Å². The molecule has 2 N–H and O–H groups in total. The monoisotopic (exact) mass is 556 g/mol. The van der Waals surface area contributed by atoms with Crippen molar-refractivity contribution in [3.8, 4) is 0 Å². The maximum absolute atomic E-state index is 13.9. The summed E-state index contributed by atoms with van der Waals surface area (Å²) in [5.74, 6) is 0.272. The first-order chi connectivity index (χ1) is 17.7. The van der Waals surface area contributed by atoms with Gasteiger partial charge in [0.2, 0.25) is 0 Å². The Labute approximate surface area is 233 Å². The van der Waals surface area contributed by atoms with E-state index in [2.05, 4.69) is 5.10 Å². The Morgan fingerprint density at radius 3 is 2.45 bits per heavy atom. The largest absolute Gasteiger partial charge is 0.352 e. The quantitative estimate of drug-likeness (QED) is 0.318. The van der Waals surface area contributed by atoms with Gasteiger partial charge in [-0.05, 0) is 50.4 Å². The molecule has 0 fully saturated rings. The molecule has 1 amide bonds. The molecule has 0 bridgehead atoms. The summed E-state index contributed by atoms with van der Waals surface area (Å²) in [6.45, 7) is 8.88. The van der Waals surface area contributed by atoms with Crippen LogP contribution in [-0.4, -0.2) is 43.1 Å². The molecule has 38 heavy (non-hydrogen) atoms. The highest BCUT2D eigenvalue weighted by Gasteiger charge is 2.33. The Morgan fingerprint density at radius 1 is 1.11 bits per heavy atom. The van der Waals surface area contributed by atoms with E-state index in [1.165, 1.54) is 4.52 Å². The molecule has 2 heterocycles. The second-order valence-electron chi connectivity index (χ2n) is 9.66. The first kappa shape index (κ1) is 29.4. The molecule has 0 radical (unpaired) electrons. The fraction of sp³-hybridized carbons (Fsp3) is 0.357. The van der Waals surface area contributed by atoms with Gasteiger partial charge in [-0.25, -0.2) is 9.78 Å². The molecule has 4 rings (SSSR count). The van der Waals surface area contributed by atoms with Crippen LogP contribution in [0, 0.1) is 19.8 Å². The summed E-state index contributed by atoms with van der Waals surface area (Å²) >= 11 is 6.53. The van der Waals surface area contributed by atoms with Crippen LogP contribution in [0.1, 0.15) is 59.3 Å². The lowest BCUT2D eigenvalue weighted by molar-refractivity contribution is 0.0601. The number of hydrogen-bond donors (Lipinski definition) is 1. The van der Waals surface area contributed by atoms with E-state index in [-0.39, 0.29) is 42.1 Å². The SMILES string of the molecule is Cc1cccc(C(=O)N(CCCN)[C@@H](c2nc3c(Cl)c(C)nn3c(=O)n2Cc2ccccc2)C(C)C)c1.Cl. The molecule has 0 aliphatic rings. The van der Waals surface area contributed by atoms with E-state index in [0.29, 0.717) is 41.6 Å². The molecule has 0 unspecified atom stereocenters. The topological polar surface area (TPSA) is 98.5 Å². The van der Waals surface area contributed by atoms with Crippen LogP contribution in [0.2, 0.25) is 5.02 Å². The van der Waals surface area contributed by atoms with E-state index in [9.17, 15) is 9.59 Å². The van der Waals surface area contributed by atoms with E-state index < -0.39 is 6.04 Å². The van der Waals surface area contributed by atoms with Crippen molar-refractivity contribution in [1.29, 1.82) is 0 Å². The van der Waals surface area contributed by atoms with Crippen molar-refractivity contribution in [2.45, 2.75) is 46.7 Å². The third-order valence-corrected chi connectivity index (χ3v) is 6.86. The van der Waals surface area contributed by atoms with Crippen LogP contribution in [-0.2, 0) is 6.54 Å². The van der Waals surface area contributed by atoms with Crippen molar-refractivity contribution in [1.82, 2.24) is 24.1 Å².